The molecular formula is C25H25N3O5. The average Bonchev–Trinajstić information content (AvgIpc) is 2.87. The third-order valence-electron chi connectivity index (χ3n) is 6.33. The Morgan fingerprint density at radius 3 is 2.97 bits per heavy atom. The molecule has 2 atom stereocenters. The van der Waals surface area contributed by atoms with Crippen LogP contribution in [0.15, 0.2) is 48.8 Å². The van der Waals surface area contributed by atoms with Crippen LogP contribution in [0, 0.1) is 5.92 Å². The number of carbonyl (C=O) groups is 2. The SMILES string of the molecule is COc1ccc2c(c1)C(=O)C[C@H]([C@@H]1CCCN(C(=O)COc3ncnc4ccccc34)C1)O2. The van der Waals surface area contributed by atoms with Crippen LogP contribution in [0.1, 0.15) is 29.6 Å². The first-order valence-electron chi connectivity index (χ1n) is 11.1. The molecule has 8 heteroatoms. The first-order valence-corrected chi connectivity index (χ1v) is 11.1. The molecule has 3 aromatic rings. The molecule has 3 heterocycles. The summed E-state index contributed by atoms with van der Waals surface area (Å²) in [6.45, 7) is 1.11. The Bertz CT molecular complexity index is 1190. The number of piperidine rings is 1. The Morgan fingerprint density at radius 2 is 2.09 bits per heavy atom. The molecule has 0 spiro atoms. The van der Waals surface area contributed by atoms with E-state index in [2.05, 4.69) is 9.97 Å². The molecule has 1 aromatic heterocycles. The molecule has 1 amide bonds. The quantitative estimate of drug-likeness (QED) is 0.593. The predicted octanol–water partition coefficient (Wildman–Crippen LogP) is 3.29. The zero-order valence-electron chi connectivity index (χ0n) is 18.4. The lowest BCUT2D eigenvalue weighted by molar-refractivity contribution is -0.136. The molecule has 1 fully saturated rings. The van der Waals surface area contributed by atoms with Gasteiger partial charge in [-0.05, 0) is 43.2 Å². The van der Waals surface area contributed by atoms with Gasteiger partial charge in [-0.1, -0.05) is 12.1 Å². The van der Waals surface area contributed by atoms with Gasteiger partial charge in [0.15, 0.2) is 12.4 Å². The topological polar surface area (TPSA) is 90.9 Å². The minimum absolute atomic E-state index is 0.0440. The number of aromatic nitrogens is 2. The highest BCUT2D eigenvalue weighted by atomic mass is 16.5. The summed E-state index contributed by atoms with van der Waals surface area (Å²) in [6, 6.07) is 12.8. The van der Waals surface area contributed by atoms with Crippen molar-refractivity contribution in [2.24, 2.45) is 5.92 Å². The zero-order valence-corrected chi connectivity index (χ0v) is 18.4. The molecule has 2 aromatic carbocycles. The highest BCUT2D eigenvalue weighted by molar-refractivity contribution is 6.00. The summed E-state index contributed by atoms with van der Waals surface area (Å²) in [5.41, 5.74) is 1.32. The lowest BCUT2D eigenvalue weighted by Gasteiger charge is -2.38. The number of amides is 1. The van der Waals surface area contributed by atoms with E-state index in [0.717, 1.165) is 23.7 Å². The van der Waals surface area contributed by atoms with Crippen molar-refractivity contribution in [3.05, 3.63) is 54.4 Å². The van der Waals surface area contributed by atoms with Crippen LogP contribution in [-0.2, 0) is 4.79 Å². The predicted molar refractivity (Wildman–Crippen MR) is 121 cm³/mol. The number of methoxy groups -OCH3 is 1. The largest absolute Gasteiger partial charge is 0.497 e. The van der Waals surface area contributed by atoms with Gasteiger partial charge in [0.1, 0.15) is 23.9 Å². The first-order chi connectivity index (χ1) is 16.1. The summed E-state index contributed by atoms with van der Waals surface area (Å²) < 4.78 is 17.2. The van der Waals surface area contributed by atoms with E-state index in [1.807, 2.05) is 24.3 Å². The van der Waals surface area contributed by atoms with Crippen molar-refractivity contribution < 1.29 is 23.8 Å². The number of benzene rings is 2. The van der Waals surface area contributed by atoms with Crippen molar-refractivity contribution >= 4 is 22.6 Å². The van der Waals surface area contributed by atoms with Crippen molar-refractivity contribution in [2.45, 2.75) is 25.4 Å². The minimum atomic E-state index is -0.249. The molecule has 0 aliphatic carbocycles. The van der Waals surface area contributed by atoms with Crippen LogP contribution in [-0.4, -0.2) is 59.5 Å². The fourth-order valence-corrected chi connectivity index (χ4v) is 4.57. The third kappa shape index (κ3) is 4.33. The van der Waals surface area contributed by atoms with E-state index < -0.39 is 0 Å². The van der Waals surface area contributed by atoms with Crippen LogP contribution in [0.25, 0.3) is 10.9 Å². The van der Waals surface area contributed by atoms with E-state index in [9.17, 15) is 9.59 Å². The first kappa shape index (κ1) is 21.2. The summed E-state index contributed by atoms with van der Waals surface area (Å²) in [7, 11) is 1.57. The van der Waals surface area contributed by atoms with Gasteiger partial charge in [-0.25, -0.2) is 9.97 Å². The van der Waals surface area contributed by atoms with Crippen molar-refractivity contribution in [1.29, 1.82) is 0 Å². The lowest BCUT2D eigenvalue weighted by Crippen LogP contribution is -2.47. The smallest absolute Gasteiger partial charge is 0.260 e. The Balaban J connectivity index is 1.23. The summed E-state index contributed by atoms with van der Waals surface area (Å²) >= 11 is 0. The van der Waals surface area contributed by atoms with Gasteiger partial charge in [0.05, 0.1) is 23.6 Å². The van der Waals surface area contributed by atoms with Gasteiger partial charge in [0.2, 0.25) is 5.88 Å². The number of rotatable bonds is 5. The standard InChI is InChI=1S/C25H25N3O5/c1-31-17-8-9-22-19(11-17)21(29)12-23(33-22)16-5-4-10-28(13-16)24(30)14-32-25-18-6-2-3-7-20(18)26-15-27-25/h2-3,6-9,11,15-16,23H,4-5,10,12-14H2,1H3/t16-,23-/m1/s1. The van der Waals surface area contributed by atoms with Crippen LogP contribution < -0.4 is 14.2 Å². The van der Waals surface area contributed by atoms with Crippen molar-refractivity contribution in [3.8, 4) is 17.4 Å². The second-order valence-electron chi connectivity index (χ2n) is 8.37. The second-order valence-corrected chi connectivity index (χ2v) is 8.37. The summed E-state index contributed by atoms with van der Waals surface area (Å²) in [6.07, 6.45) is 3.25. The molecule has 5 rings (SSSR count). The van der Waals surface area contributed by atoms with Crippen molar-refractivity contribution in [3.63, 3.8) is 0 Å². The van der Waals surface area contributed by atoms with Gasteiger partial charge in [-0.2, -0.15) is 0 Å². The van der Waals surface area contributed by atoms with Gasteiger partial charge >= 0.3 is 0 Å². The molecule has 0 saturated carbocycles. The number of ketones is 1. The number of hydrogen-bond acceptors (Lipinski definition) is 7. The van der Waals surface area contributed by atoms with Crippen LogP contribution in [0.3, 0.4) is 0 Å². The molecule has 1 saturated heterocycles. The van der Waals surface area contributed by atoms with Gasteiger partial charge in [-0.3, -0.25) is 9.59 Å². The third-order valence-corrected chi connectivity index (χ3v) is 6.33. The van der Waals surface area contributed by atoms with E-state index in [-0.39, 0.29) is 30.3 Å². The zero-order chi connectivity index (χ0) is 22.8. The lowest BCUT2D eigenvalue weighted by atomic mass is 9.87. The number of nitrogens with zero attached hydrogens (tertiary/aromatic N) is 3. The van der Waals surface area contributed by atoms with Crippen molar-refractivity contribution in [2.75, 3.05) is 26.8 Å². The van der Waals surface area contributed by atoms with Crippen LogP contribution in [0.5, 0.6) is 17.4 Å². The van der Waals surface area contributed by atoms with Gasteiger partial charge in [0, 0.05) is 25.4 Å². The number of carbonyl (C=O) groups excluding carboxylic acids is 2. The molecule has 0 bridgehead atoms. The van der Waals surface area contributed by atoms with Crippen LogP contribution in [0.4, 0.5) is 0 Å². The fraction of sp³-hybridized carbons (Fsp3) is 0.360. The van der Waals surface area contributed by atoms with Crippen LogP contribution in [0.2, 0.25) is 0 Å². The summed E-state index contributed by atoms with van der Waals surface area (Å²) in [5.74, 6) is 1.64. The number of ether oxygens (including phenoxy) is 3. The normalized spacial score (nSPS) is 20.2. The molecule has 0 N–H and O–H groups in total. The Hall–Kier alpha value is -3.68. The van der Waals surface area contributed by atoms with Gasteiger partial charge in [0.25, 0.3) is 5.91 Å². The van der Waals surface area contributed by atoms with Gasteiger partial charge < -0.3 is 19.1 Å². The van der Waals surface area contributed by atoms with E-state index in [4.69, 9.17) is 14.2 Å². The maximum absolute atomic E-state index is 12.9. The number of para-hydroxylation sites is 1. The van der Waals surface area contributed by atoms with E-state index in [1.54, 1.807) is 30.2 Å². The maximum atomic E-state index is 12.9. The van der Waals surface area contributed by atoms with E-state index in [1.165, 1.54) is 6.33 Å². The number of likely N-dealkylation sites (tertiary alicyclic amines) is 1. The average molecular weight is 447 g/mol. The molecule has 8 nitrogen and oxygen atoms in total. The fourth-order valence-electron chi connectivity index (χ4n) is 4.57. The monoisotopic (exact) mass is 447 g/mol. The molecule has 2 aliphatic rings. The number of hydrogen-bond donors (Lipinski definition) is 0. The number of Topliss-reactive ketones (excluding diaryl/α,β-unsaturated/α-hetero) is 1. The molecule has 0 radical (unpaired) electrons. The number of fused-ring (bicyclic) bond motifs is 2. The molecular weight excluding hydrogens is 422 g/mol. The highest BCUT2D eigenvalue weighted by Crippen LogP contribution is 2.35. The second kappa shape index (κ2) is 9.05. The minimum Gasteiger partial charge on any atom is -0.497 e. The van der Waals surface area contributed by atoms with E-state index >= 15 is 0 Å². The van der Waals surface area contributed by atoms with Gasteiger partial charge in [-0.15, -0.1) is 0 Å². The Labute approximate surface area is 191 Å². The highest BCUT2D eigenvalue weighted by Gasteiger charge is 2.36. The summed E-state index contributed by atoms with van der Waals surface area (Å²) in [5, 5.41) is 0.772. The maximum Gasteiger partial charge on any atom is 0.260 e. The Kier molecular flexibility index (Phi) is 5.81. The Morgan fingerprint density at radius 1 is 1.21 bits per heavy atom. The molecule has 2 aliphatic heterocycles. The molecule has 0 unspecified atom stereocenters. The van der Waals surface area contributed by atoms with Crippen LogP contribution >= 0.6 is 0 Å². The molecule has 33 heavy (non-hydrogen) atoms. The molecule has 170 valence electrons. The van der Waals surface area contributed by atoms with E-state index in [0.29, 0.717) is 42.5 Å². The summed E-state index contributed by atoms with van der Waals surface area (Å²) in [4.78, 5) is 35.8. The van der Waals surface area contributed by atoms with Crippen molar-refractivity contribution in [1.82, 2.24) is 14.9 Å².